The molecule has 7 heteroatoms. The lowest BCUT2D eigenvalue weighted by Crippen LogP contribution is -2.15. The monoisotopic (exact) mass is 466 g/mol. The normalized spacial score (nSPS) is 10.3. The maximum absolute atomic E-state index is 13.0. The van der Waals surface area contributed by atoms with Crippen molar-refractivity contribution in [2.45, 2.75) is 19.9 Å². The predicted octanol–water partition coefficient (Wildman–Crippen LogP) is 5.99. The number of benzene rings is 3. The van der Waals surface area contributed by atoms with Crippen molar-refractivity contribution in [3.05, 3.63) is 113 Å². The van der Waals surface area contributed by atoms with Crippen LogP contribution in [0.5, 0.6) is 11.6 Å². The first-order valence-corrected chi connectivity index (χ1v) is 11.0. The number of carbonyl (C=O) groups is 1. The Morgan fingerprint density at radius 1 is 1.00 bits per heavy atom. The maximum atomic E-state index is 13.0. The SMILES string of the molecule is Cc1cc(NCc2ccc(Oc3ccc(C#N)cc3)nc2)ccc1NC(=O)Cc1ccc(F)cc1. The molecule has 0 unspecified atom stereocenters. The van der Waals surface area contributed by atoms with E-state index in [1.807, 2.05) is 31.2 Å². The second kappa shape index (κ2) is 10.9. The van der Waals surface area contributed by atoms with Gasteiger partial charge < -0.3 is 15.4 Å². The van der Waals surface area contributed by atoms with Gasteiger partial charge in [-0.1, -0.05) is 18.2 Å². The molecule has 0 aliphatic carbocycles. The van der Waals surface area contributed by atoms with E-state index in [1.165, 1.54) is 12.1 Å². The van der Waals surface area contributed by atoms with Gasteiger partial charge in [-0.2, -0.15) is 5.26 Å². The van der Waals surface area contributed by atoms with Crippen molar-refractivity contribution < 1.29 is 13.9 Å². The molecule has 0 saturated heterocycles. The molecular formula is C28H23FN4O2. The van der Waals surface area contributed by atoms with Gasteiger partial charge >= 0.3 is 0 Å². The topological polar surface area (TPSA) is 87.0 Å². The van der Waals surface area contributed by atoms with Gasteiger partial charge in [0.25, 0.3) is 0 Å². The molecule has 3 aromatic carbocycles. The first-order valence-electron chi connectivity index (χ1n) is 11.0. The fraction of sp³-hybridized carbons (Fsp3) is 0.107. The smallest absolute Gasteiger partial charge is 0.228 e. The van der Waals surface area contributed by atoms with Crippen LogP contribution in [0.4, 0.5) is 15.8 Å². The first kappa shape index (κ1) is 23.5. The molecule has 0 bridgehead atoms. The molecule has 2 N–H and O–H groups in total. The molecule has 0 spiro atoms. The van der Waals surface area contributed by atoms with Crippen molar-refractivity contribution in [3.8, 4) is 17.7 Å². The van der Waals surface area contributed by atoms with E-state index >= 15 is 0 Å². The van der Waals surface area contributed by atoms with Crippen molar-refractivity contribution in [2.75, 3.05) is 10.6 Å². The van der Waals surface area contributed by atoms with Crippen LogP contribution in [-0.4, -0.2) is 10.9 Å². The Labute approximate surface area is 203 Å². The predicted molar refractivity (Wildman–Crippen MR) is 133 cm³/mol. The van der Waals surface area contributed by atoms with E-state index < -0.39 is 0 Å². The Bertz CT molecular complexity index is 1350. The van der Waals surface area contributed by atoms with Crippen LogP contribution in [0.15, 0.2) is 85.1 Å². The number of pyridine rings is 1. The summed E-state index contributed by atoms with van der Waals surface area (Å²) in [5.41, 5.74) is 4.87. The van der Waals surface area contributed by atoms with Gasteiger partial charge in [0.05, 0.1) is 18.1 Å². The second-order valence-electron chi connectivity index (χ2n) is 7.98. The number of ether oxygens (including phenoxy) is 1. The minimum absolute atomic E-state index is 0.158. The van der Waals surface area contributed by atoms with E-state index in [2.05, 4.69) is 21.7 Å². The summed E-state index contributed by atoms with van der Waals surface area (Å²) in [6, 6.07) is 24.3. The lowest BCUT2D eigenvalue weighted by atomic mass is 10.1. The zero-order chi connectivity index (χ0) is 24.6. The highest BCUT2D eigenvalue weighted by Crippen LogP contribution is 2.22. The molecule has 4 aromatic rings. The Morgan fingerprint density at radius 2 is 1.74 bits per heavy atom. The average molecular weight is 467 g/mol. The van der Waals surface area contributed by atoms with Crippen molar-refractivity contribution in [1.29, 1.82) is 5.26 Å². The number of nitriles is 1. The molecule has 35 heavy (non-hydrogen) atoms. The van der Waals surface area contributed by atoms with Crippen LogP contribution < -0.4 is 15.4 Å². The van der Waals surface area contributed by atoms with Crippen LogP contribution in [0, 0.1) is 24.1 Å². The molecule has 1 aromatic heterocycles. The van der Waals surface area contributed by atoms with Gasteiger partial charge in [-0.3, -0.25) is 4.79 Å². The standard InChI is InChI=1S/C28H23FN4O2/c1-19-14-24(9-12-26(19)33-27(34)15-20-2-7-23(29)8-3-20)31-17-22-6-13-28(32-18-22)35-25-10-4-21(16-30)5-11-25/h2-14,18,31H,15,17H2,1H3,(H,33,34). The molecule has 174 valence electrons. The van der Waals surface area contributed by atoms with Crippen molar-refractivity contribution in [1.82, 2.24) is 4.98 Å². The number of nitrogens with zero attached hydrogens (tertiary/aromatic N) is 2. The fourth-order valence-corrected chi connectivity index (χ4v) is 3.39. The summed E-state index contributed by atoms with van der Waals surface area (Å²) < 4.78 is 18.7. The number of hydrogen-bond donors (Lipinski definition) is 2. The quantitative estimate of drug-likeness (QED) is 0.333. The number of carbonyl (C=O) groups excluding carboxylic acids is 1. The average Bonchev–Trinajstić information content (AvgIpc) is 2.87. The van der Waals surface area contributed by atoms with Crippen LogP contribution in [0.25, 0.3) is 0 Å². The molecule has 0 atom stereocenters. The third kappa shape index (κ3) is 6.65. The minimum atomic E-state index is -0.323. The number of nitrogens with one attached hydrogen (secondary N) is 2. The molecule has 0 saturated carbocycles. The molecule has 1 amide bonds. The number of halogens is 1. The lowest BCUT2D eigenvalue weighted by Gasteiger charge is -2.12. The van der Waals surface area contributed by atoms with E-state index in [0.717, 1.165) is 28.1 Å². The van der Waals surface area contributed by atoms with Gasteiger partial charge in [0.2, 0.25) is 11.8 Å². The molecule has 4 rings (SSSR count). The van der Waals surface area contributed by atoms with Gasteiger partial charge in [-0.15, -0.1) is 0 Å². The first-order chi connectivity index (χ1) is 17.0. The van der Waals surface area contributed by atoms with E-state index in [0.29, 0.717) is 23.7 Å². The van der Waals surface area contributed by atoms with Crippen LogP contribution in [0.3, 0.4) is 0 Å². The molecule has 0 radical (unpaired) electrons. The summed E-state index contributed by atoms with van der Waals surface area (Å²) in [7, 11) is 0. The number of hydrogen-bond acceptors (Lipinski definition) is 5. The summed E-state index contributed by atoms with van der Waals surface area (Å²) in [5.74, 6) is 0.601. The van der Waals surface area contributed by atoms with E-state index in [9.17, 15) is 9.18 Å². The highest BCUT2D eigenvalue weighted by molar-refractivity contribution is 5.93. The minimum Gasteiger partial charge on any atom is -0.439 e. The van der Waals surface area contributed by atoms with Gasteiger partial charge in [0.15, 0.2) is 0 Å². The van der Waals surface area contributed by atoms with Crippen molar-refractivity contribution >= 4 is 17.3 Å². The molecule has 0 fully saturated rings. The second-order valence-corrected chi connectivity index (χ2v) is 7.98. The fourth-order valence-electron chi connectivity index (χ4n) is 3.39. The van der Waals surface area contributed by atoms with Gasteiger partial charge in [0.1, 0.15) is 11.6 Å². The number of rotatable bonds is 8. The zero-order valence-corrected chi connectivity index (χ0v) is 19.1. The van der Waals surface area contributed by atoms with Crippen LogP contribution >= 0.6 is 0 Å². The number of aryl methyl sites for hydroxylation is 1. The third-order valence-corrected chi connectivity index (χ3v) is 5.28. The van der Waals surface area contributed by atoms with Crippen LogP contribution in [0.2, 0.25) is 0 Å². The summed E-state index contributed by atoms with van der Waals surface area (Å²) in [5, 5.41) is 15.1. The van der Waals surface area contributed by atoms with E-state index in [-0.39, 0.29) is 18.1 Å². The van der Waals surface area contributed by atoms with E-state index in [1.54, 1.807) is 48.7 Å². The lowest BCUT2D eigenvalue weighted by molar-refractivity contribution is -0.115. The number of aromatic nitrogens is 1. The summed E-state index contributed by atoms with van der Waals surface area (Å²) in [6.07, 6.45) is 1.92. The zero-order valence-electron chi connectivity index (χ0n) is 19.1. The number of amides is 1. The van der Waals surface area contributed by atoms with Crippen molar-refractivity contribution in [2.24, 2.45) is 0 Å². The Balaban J connectivity index is 1.29. The van der Waals surface area contributed by atoms with Crippen molar-refractivity contribution in [3.63, 3.8) is 0 Å². The van der Waals surface area contributed by atoms with Crippen LogP contribution in [-0.2, 0) is 17.8 Å². The summed E-state index contributed by atoms with van der Waals surface area (Å²) in [4.78, 5) is 16.7. The molecule has 1 heterocycles. The summed E-state index contributed by atoms with van der Waals surface area (Å²) in [6.45, 7) is 2.50. The number of anilines is 2. The highest BCUT2D eigenvalue weighted by atomic mass is 19.1. The molecule has 0 aliphatic rings. The Kier molecular flexibility index (Phi) is 7.34. The third-order valence-electron chi connectivity index (χ3n) is 5.28. The van der Waals surface area contributed by atoms with Crippen LogP contribution in [0.1, 0.15) is 22.3 Å². The van der Waals surface area contributed by atoms with Gasteiger partial charge in [0, 0.05) is 30.2 Å². The Morgan fingerprint density at radius 3 is 2.40 bits per heavy atom. The molecule has 6 nitrogen and oxygen atoms in total. The maximum Gasteiger partial charge on any atom is 0.228 e. The largest absolute Gasteiger partial charge is 0.439 e. The van der Waals surface area contributed by atoms with E-state index in [4.69, 9.17) is 10.00 Å². The summed E-state index contributed by atoms with van der Waals surface area (Å²) >= 11 is 0. The van der Waals surface area contributed by atoms with Gasteiger partial charge in [-0.25, -0.2) is 9.37 Å². The molecular weight excluding hydrogens is 443 g/mol. The highest BCUT2D eigenvalue weighted by Gasteiger charge is 2.08. The molecule has 0 aliphatic heterocycles. The Hall–Kier alpha value is -4.70. The van der Waals surface area contributed by atoms with Gasteiger partial charge in [-0.05, 0) is 78.2 Å².